The first kappa shape index (κ1) is 11.2. The fourth-order valence-electron chi connectivity index (χ4n) is 1.26. The van der Waals surface area contributed by atoms with Gasteiger partial charge in [0, 0.05) is 19.4 Å². The molecule has 0 aromatic carbocycles. The van der Waals surface area contributed by atoms with Crippen molar-refractivity contribution in [3.8, 4) is 0 Å². The van der Waals surface area contributed by atoms with Gasteiger partial charge in [0.1, 0.15) is 10.5 Å². The van der Waals surface area contributed by atoms with Gasteiger partial charge in [-0.1, -0.05) is 0 Å². The summed E-state index contributed by atoms with van der Waals surface area (Å²) in [6, 6.07) is 0. The molecule has 2 rings (SSSR count). The molecular weight excluding hydrogens is 226 g/mol. The summed E-state index contributed by atoms with van der Waals surface area (Å²) in [4.78, 5) is 15.7. The van der Waals surface area contributed by atoms with Crippen LogP contribution in [-0.2, 0) is 0 Å². The maximum atomic E-state index is 8.74. The second kappa shape index (κ2) is 5.13. The molecule has 0 aliphatic carbocycles. The van der Waals surface area contributed by atoms with E-state index in [2.05, 4.69) is 25.3 Å². The molecule has 0 bridgehead atoms. The average molecular weight is 239 g/mol. The second-order valence-electron chi connectivity index (χ2n) is 3.13. The predicted molar refractivity (Wildman–Crippen MR) is 63.7 cm³/mol. The van der Waals surface area contributed by atoms with E-state index in [0.29, 0.717) is 11.6 Å². The first-order valence-electron chi connectivity index (χ1n) is 4.97. The van der Waals surface area contributed by atoms with Crippen molar-refractivity contribution in [3.63, 3.8) is 0 Å². The highest BCUT2D eigenvalue weighted by atomic mass is 32.2. The van der Waals surface area contributed by atoms with Gasteiger partial charge < -0.3 is 15.4 Å². The van der Waals surface area contributed by atoms with E-state index >= 15 is 0 Å². The number of anilines is 1. The van der Waals surface area contributed by atoms with Crippen LogP contribution in [0.2, 0.25) is 0 Å². The molecule has 0 amide bonds. The standard InChI is InChI=1S/C9H13N5OS/c1-10-9-13-7-6(11-5-12-7)8(14-9)16-4-2-3-15/h5,15H,2-4H2,1H3,(H2,10,11,12,13,14). The summed E-state index contributed by atoms with van der Waals surface area (Å²) in [6.07, 6.45) is 2.36. The van der Waals surface area contributed by atoms with E-state index in [4.69, 9.17) is 5.11 Å². The van der Waals surface area contributed by atoms with Crippen LogP contribution in [0.15, 0.2) is 11.4 Å². The van der Waals surface area contributed by atoms with Crippen molar-refractivity contribution in [3.05, 3.63) is 6.33 Å². The summed E-state index contributed by atoms with van der Waals surface area (Å²) in [7, 11) is 1.77. The van der Waals surface area contributed by atoms with E-state index < -0.39 is 0 Å². The SMILES string of the molecule is CNc1nc(SCCCO)c2[nH]cnc2n1. The Kier molecular flexibility index (Phi) is 3.58. The molecule has 0 saturated heterocycles. The van der Waals surface area contributed by atoms with Gasteiger partial charge in [-0.25, -0.2) is 9.97 Å². The molecule has 0 aliphatic heterocycles. The van der Waals surface area contributed by atoms with Gasteiger partial charge in [-0.05, 0) is 6.42 Å². The van der Waals surface area contributed by atoms with Gasteiger partial charge in [-0.15, -0.1) is 11.8 Å². The van der Waals surface area contributed by atoms with Gasteiger partial charge >= 0.3 is 0 Å². The molecule has 2 heterocycles. The van der Waals surface area contributed by atoms with Crippen LogP contribution in [0.25, 0.3) is 11.2 Å². The lowest BCUT2D eigenvalue weighted by Crippen LogP contribution is -1.98. The van der Waals surface area contributed by atoms with Gasteiger partial charge in [0.2, 0.25) is 5.95 Å². The summed E-state index contributed by atoms with van der Waals surface area (Å²) in [5.74, 6) is 1.39. The van der Waals surface area contributed by atoms with E-state index in [0.717, 1.165) is 22.7 Å². The lowest BCUT2D eigenvalue weighted by molar-refractivity contribution is 0.296. The number of aromatic nitrogens is 4. The minimum absolute atomic E-state index is 0.198. The van der Waals surface area contributed by atoms with Crippen LogP contribution in [-0.4, -0.2) is 44.4 Å². The van der Waals surface area contributed by atoms with Gasteiger partial charge in [-0.2, -0.15) is 4.98 Å². The largest absolute Gasteiger partial charge is 0.396 e. The third-order valence-electron chi connectivity index (χ3n) is 2.02. The number of imidazole rings is 1. The number of nitrogens with zero attached hydrogens (tertiary/aromatic N) is 3. The van der Waals surface area contributed by atoms with Crippen molar-refractivity contribution in [1.29, 1.82) is 0 Å². The zero-order valence-corrected chi connectivity index (χ0v) is 9.71. The first-order chi connectivity index (χ1) is 7.85. The smallest absolute Gasteiger partial charge is 0.225 e. The molecule has 6 nitrogen and oxygen atoms in total. The predicted octanol–water partition coefficient (Wildman–Crippen LogP) is 0.869. The maximum absolute atomic E-state index is 8.74. The number of thioether (sulfide) groups is 1. The number of aromatic amines is 1. The van der Waals surface area contributed by atoms with Crippen LogP contribution < -0.4 is 5.32 Å². The molecule has 0 unspecified atom stereocenters. The molecule has 16 heavy (non-hydrogen) atoms. The van der Waals surface area contributed by atoms with Gasteiger partial charge in [0.25, 0.3) is 0 Å². The van der Waals surface area contributed by atoms with E-state index in [-0.39, 0.29) is 6.61 Å². The van der Waals surface area contributed by atoms with Crippen LogP contribution >= 0.6 is 11.8 Å². The number of hydrogen-bond donors (Lipinski definition) is 3. The Balaban J connectivity index is 2.29. The van der Waals surface area contributed by atoms with Crippen molar-refractivity contribution >= 4 is 28.9 Å². The van der Waals surface area contributed by atoms with Crippen LogP contribution in [0.5, 0.6) is 0 Å². The Labute approximate surface area is 96.9 Å². The molecule has 0 saturated carbocycles. The quantitative estimate of drug-likeness (QED) is 0.408. The number of hydrogen-bond acceptors (Lipinski definition) is 6. The van der Waals surface area contributed by atoms with Crippen LogP contribution in [0, 0.1) is 0 Å². The highest BCUT2D eigenvalue weighted by Crippen LogP contribution is 2.24. The Bertz CT molecular complexity index is 472. The van der Waals surface area contributed by atoms with Gasteiger partial charge in [0.15, 0.2) is 5.65 Å². The number of rotatable bonds is 5. The minimum Gasteiger partial charge on any atom is -0.396 e. The lowest BCUT2D eigenvalue weighted by atomic mass is 10.5. The molecule has 0 fully saturated rings. The van der Waals surface area contributed by atoms with Crippen molar-refractivity contribution in [1.82, 2.24) is 19.9 Å². The molecule has 0 atom stereocenters. The molecular formula is C9H13N5OS. The normalized spacial score (nSPS) is 10.9. The lowest BCUT2D eigenvalue weighted by Gasteiger charge is -2.03. The van der Waals surface area contributed by atoms with Gasteiger partial charge in [0.05, 0.1) is 6.33 Å². The first-order valence-corrected chi connectivity index (χ1v) is 5.96. The molecule has 0 radical (unpaired) electrons. The maximum Gasteiger partial charge on any atom is 0.225 e. The Hall–Kier alpha value is -1.34. The fraction of sp³-hybridized carbons (Fsp3) is 0.444. The van der Waals surface area contributed by atoms with Crippen molar-refractivity contribution in [2.24, 2.45) is 0 Å². The Morgan fingerprint density at radius 2 is 2.38 bits per heavy atom. The van der Waals surface area contributed by atoms with Crippen LogP contribution in [0.3, 0.4) is 0 Å². The average Bonchev–Trinajstić information content (AvgIpc) is 2.77. The molecule has 3 N–H and O–H groups in total. The zero-order valence-electron chi connectivity index (χ0n) is 8.90. The third kappa shape index (κ3) is 2.25. The highest BCUT2D eigenvalue weighted by Gasteiger charge is 2.09. The summed E-state index contributed by atoms with van der Waals surface area (Å²) in [6.45, 7) is 0.198. The summed E-state index contributed by atoms with van der Waals surface area (Å²) >= 11 is 1.59. The highest BCUT2D eigenvalue weighted by molar-refractivity contribution is 7.99. The number of nitrogens with one attached hydrogen (secondary N) is 2. The molecule has 0 spiro atoms. The summed E-state index contributed by atoms with van der Waals surface area (Å²) < 4.78 is 0. The van der Waals surface area contributed by atoms with E-state index in [1.54, 1.807) is 25.1 Å². The molecule has 2 aromatic rings. The third-order valence-corrected chi connectivity index (χ3v) is 3.08. The second-order valence-corrected chi connectivity index (χ2v) is 4.21. The van der Waals surface area contributed by atoms with Crippen molar-refractivity contribution in [2.75, 3.05) is 24.7 Å². The van der Waals surface area contributed by atoms with Crippen molar-refractivity contribution < 1.29 is 5.11 Å². The number of fused-ring (bicyclic) bond motifs is 1. The van der Waals surface area contributed by atoms with Crippen LogP contribution in [0.4, 0.5) is 5.95 Å². The Morgan fingerprint density at radius 1 is 1.50 bits per heavy atom. The molecule has 7 heteroatoms. The zero-order chi connectivity index (χ0) is 11.4. The molecule has 2 aromatic heterocycles. The number of aliphatic hydroxyl groups excluding tert-OH is 1. The molecule has 86 valence electrons. The summed E-state index contributed by atoms with van der Waals surface area (Å²) in [5, 5.41) is 12.5. The van der Waals surface area contributed by atoms with E-state index in [1.807, 2.05) is 0 Å². The fourth-order valence-corrected chi connectivity index (χ4v) is 2.17. The molecule has 0 aliphatic rings. The topological polar surface area (TPSA) is 86.7 Å². The van der Waals surface area contributed by atoms with Gasteiger partial charge in [-0.3, -0.25) is 0 Å². The van der Waals surface area contributed by atoms with E-state index in [9.17, 15) is 0 Å². The minimum atomic E-state index is 0.198. The van der Waals surface area contributed by atoms with Crippen LogP contribution in [0.1, 0.15) is 6.42 Å². The summed E-state index contributed by atoms with van der Waals surface area (Å²) in [5.41, 5.74) is 1.51. The van der Waals surface area contributed by atoms with Crippen molar-refractivity contribution in [2.45, 2.75) is 11.4 Å². The van der Waals surface area contributed by atoms with E-state index in [1.165, 1.54) is 0 Å². The number of H-pyrrole nitrogens is 1. The number of aliphatic hydroxyl groups is 1. The Morgan fingerprint density at radius 3 is 3.12 bits per heavy atom. The monoisotopic (exact) mass is 239 g/mol.